The van der Waals surface area contributed by atoms with E-state index in [4.69, 9.17) is 14.2 Å². The number of carbonyl (C=O) groups excluding carboxylic acids is 1. The lowest BCUT2D eigenvalue weighted by Crippen LogP contribution is -2.24. The maximum Gasteiger partial charge on any atom is 0.306 e. The smallest absolute Gasteiger partial charge is 0.306 e. The summed E-state index contributed by atoms with van der Waals surface area (Å²) >= 11 is 2.20. The number of rotatable bonds is 7. The summed E-state index contributed by atoms with van der Waals surface area (Å²) in [7, 11) is 1.60. The molecule has 0 N–H and O–H groups in total. The highest BCUT2D eigenvalue weighted by Gasteiger charge is 2.16. The average Bonchev–Trinajstić information content (AvgIpc) is 2.42. The fraction of sp³-hybridized carbons (Fsp3) is 0.471. The van der Waals surface area contributed by atoms with E-state index in [9.17, 15) is 4.79 Å². The molecule has 5 heteroatoms. The summed E-state index contributed by atoms with van der Waals surface area (Å²) in [5.41, 5.74) is 0.527. The second-order valence-electron chi connectivity index (χ2n) is 5.78. The molecule has 0 aliphatic heterocycles. The topological polar surface area (TPSA) is 44.8 Å². The molecule has 0 saturated carbocycles. The second kappa shape index (κ2) is 8.41. The van der Waals surface area contributed by atoms with Crippen LogP contribution in [-0.4, -0.2) is 25.3 Å². The van der Waals surface area contributed by atoms with Crippen LogP contribution in [0.1, 0.15) is 39.2 Å². The fourth-order valence-electron chi connectivity index (χ4n) is 1.78. The molecule has 0 spiro atoms. The minimum absolute atomic E-state index is 0.209. The molecule has 0 aromatic heterocycles. The Labute approximate surface area is 146 Å². The van der Waals surface area contributed by atoms with Gasteiger partial charge in [0.1, 0.15) is 5.60 Å². The molecule has 0 fully saturated rings. The third-order valence-corrected chi connectivity index (χ3v) is 3.48. The summed E-state index contributed by atoms with van der Waals surface area (Å²) in [6.45, 7) is 9.75. The summed E-state index contributed by atoms with van der Waals surface area (Å²) in [6.07, 6.45) is 2.69. The molecular formula is C17H23IO4. The van der Waals surface area contributed by atoms with Gasteiger partial charge in [-0.25, -0.2) is 0 Å². The molecule has 1 rings (SSSR count). The maximum absolute atomic E-state index is 11.6. The van der Waals surface area contributed by atoms with Crippen molar-refractivity contribution in [3.63, 3.8) is 0 Å². The van der Waals surface area contributed by atoms with Crippen LogP contribution in [0.3, 0.4) is 0 Å². The Morgan fingerprint density at radius 2 is 2.05 bits per heavy atom. The Hall–Kier alpha value is -1.24. The van der Waals surface area contributed by atoms with Gasteiger partial charge >= 0.3 is 5.97 Å². The fourth-order valence-corrected chi connectivity index (χ4v) is 2.56. The van der Waals surface area contributed by atoms with Gasteiger partial charge in [-0.1, -0.05) is 12.7 Å². The van der Waals surface area contributed by atoms with Crippen LogP contribution in [0.15, 0.2) is 18.7 Å². The monoisotopic (exact) mass is 418 g/mol. The van der Waals surface area contributed by atoms with Gasteiger partial charge < -0.3 is 14.2 Å². The first-order chi connectivity index (χ1) is 10.3. The highest BCUT2D eigenvalue weighted by atomic mass is 127. The number of ether oxygens (including phenoxy) is 3. The van der Waals surface area contributed by atoms with Crippen molar-refractivity contribution in [2.24, 2.45) is 0 Å². The number of halogens is 1. The van der Waals surface area contributed by atoms with Gasteiger partial charge in [-0.15, -0.1) is 0 Å². The molecule has 0 amide bonds. The predicted molar refractivity (Wildman–Crippen MR) is 96.4 cm³/mol. The van der Waals surface area contributed by atoms with Gasteiger partial charge in [-0.05, 0) is 67.5 Å². The largest absolute Gasteiger partial charge is 0.493 e. The van der Waals surface area contributed by atoms with E-state index in [1.807, 2.05) is 32.9 Å². The highest BCUT2D eigenvalue weighted by molar-refractivity contribution is 14.1. The van der Waals surface area contributed by atoms with Crippen molar-refractivity contribution in [3.8, 4) is 11.5 Å². The van der Waals surface area contributed by atoms with Crippen LogP contribution in [0.2, 0.25) is 0 Å². The summed E-state index contributed by atoms with van der Waals surface area (Å²) < 4.78 is 17.3. The van der Waals surface area contributed by atoms with Crippen LogP contribution in [0, 0.1) is 3.57 Å². The van der Waals surface area contributed by atoms with Gasteiger partial charge in [-0.3, -0.25) is 4.79 Å². The first-order valence-corrected chi connectivity index (χ1v) is 8.19. The lowest BCUT2D eigenvalue weighted by atomic mass is 10.2. The van der Waals surface area contributed by atoms with E-state index in [1.54, 1.807) is 13.2 Å². The van der Waals surface area contributed by atoms with Crippen LogP contribution in [0.25, 0.3) is 6.08 Å². The average molecular weight is 418 g/mol. The molecular weight excluding hydrogens is 395 g/mol. The normalized spacial score (nSPS) is 11.0. The van der Waals surface area contributed by atoms with Gasteiger partial charge in [0.15, 0.2) is 11.5 Å². The number of benzene rings is 1. The Kier molecular flexibility index (Phi) is 7.19. The third kappa shape index (κ3) is 6.25. The van der Waals surface area contributed by atoms with Crippen molar-refractivity contribution in [1.29, 1.82) is 0 Å². The Bertz CT molecular complexity index is 532. The zero-order chi connectivity index (χ0) is 16.8. The molecule has 0 aliphatic rings. The van der Waals surface area contributed by atoms with Crippen molar-refractivity contribution < 1.29 is 19.0 Å². The quantitative estimate of drug-likeness (QED) is 0.373. The standard InChI is InChI=1S/C17H23IO4/c1-6-12-10-13(18)16(14(11-12)20-5)21-9-7-8-15(19)22-17(2,3)4/h6,10-11H,1,7-9H2,2-5H3. The van der Waals surface area contributed by atoms with E-state index >= 15 is 0 Å². The Balaban J connectivity index is 2.55. The van der Waals surface area contributed by atoms with E-state index in [-0.39, 0.29) is 5.97 Å². The first-order valence-electron chi connectivity index (χ1n) is 7.11. The molecule has 0 radical (unpaired) electrons. The predicted octanol–water partition coefficient (Wildman–Crippen LogP) is 4.44. The highest BCUT2D eigenvalue weighted by Crippen LogP contribution is 2.34. The van der Waals surface area contributed by atoms with E-state index in [2.05, 4.69) is 29.2 Å². The molecule has 0 unspecified atom stereocenters. The second-order valence-corrected chi connectivity index (χ2v) is 6.94. The maximum atomic E-state index is 11.6. The van der Waals surface area contributed by atoms with Crippen LogP contribution >= 0.6 is 22.6 Å². The van der Waals surface area contributed by atoms with Crippen molar-refractivity contribution >= 4 is 34.6 Å². The van der Waals surface area contributed by atoms with Crippen LogP contribution in [0.5, 0.6) is 11.5 Å². The van der Waals surface area contributed by atoms with Crippen molar-refractivity contribution in [1.82, 2.24) is 0 Å². The van der Waals surface area contributed by atoms with E-state index in [0.29, 0.717) is 30.9 Å². The number of hydrogen-bond acceptors (Lipinski definition) is 4. The van der Waals surface area contributed by atoms with E-state index in [0.717, 1.165) is 9.13 Å². The van der Waals surface area contributed by atoms with Crippen molar-refractivity contribution in [2.45, 2.75) is 39.2 Å². The number of hydrogen-bond donors (Lipinski definition) is 0. The SMILES string of the molecule is C=Cc1cc(I)c(OCCCC(=O)OC(C)(C)C)c(OC)c1. The molecule has 0 saturated heterocycles. The molecule has 1 aromatic carbocycles. The Morgan fingerprint density at radius 3 is 2.59 bits per heavy atom. The van der Waals surface area contributed by atoms with Crippen LogP contribution in [-0.2, 0) is 9.53 Å². The van der Waals surface area contributed by atoms with Gasteiger partial charge in [0.2, 0.25) is 0 Å². The van der Waals surface area contributed by atoms with Gasteiger partial charge in [0.05, 0.1) is 17.3 Å². The molecule has 122 valence electrons. The minimum atomic E-state index is -0.447. The first kappa shape index (κ1) is 18.8. The zero-order valence-corrected chi connectivity index (χ0v) is 15.7. The van der Waals surface area contributed by atoms with E-state index < -0.39 is 5.60 Å². The summed E-state index contributed by atoms with van der Waals surface area (Å²) in [5, 5.41) is 0. The van der Waals surface area contributed by atoms with Crippen LogP contribution < -0.4 is 9.47 Å². The number of carbonyl (C=O) groups is 1. The zero-order valence-electron chi connectivity index (χ0n) is 13.6. The lowest BCUT2D eigenvalue weighted by Gasteiger charge is -2.19. The van der Waals surface area contributed by atoms with Crippen molar-refractivity contribution in [2.75, 3.05) is 13.7 Å². The molecule has 0 bridgehead atoms. The van der Waals surface area contributed by atoms with Gasteiger partial charge in [0, 0.05) is 6.42 Å². The molecule has 4 nitrogen and oxygen atoms in total. The summed E-state index contributed by atoms with van der Waals surface area (Å²) in [6, 6.07) is 3.84. The van der Waals surface area contributed by atoms with Gasteiger partial charge in [0.25, 0.3) is 0 Å². The summed E-state index contributed by atoms with van der Waals surface area (Å²) in [5.74, 6) is 1.15. The van der Waals surface area contributed by atoms with Crippen LogP contribution in [0.4, 0.5) is 0 Å². The third-order valence-electron chi connectivity index (χ3n) is 2.68. The van der Waals surface area contributed by atoms with E-state index in [1.165, 1.54) is 0 Å². The molecule has 0 aliphatic carbocycles. The van der Waals surface area contributed by atoms with Crippen molar-refractivity contribution in [3.05, 3.63) is 27.8 Å². The molecule has 0 heterocycles. The number of esters is 1. The molecule has 1 aromatic rings. The molecule has 22 heavy (non-hydrogen) atoms. The summed E-state index contributed by atoms with van der Waals surface area (Å²) in [4.78, 5) is 11.6. The minimum Gasteiger partial charge on any atom is -0.493 e. The Morgan fingerprint density at radius 1 is 1.36 bits per heavy atom. The lowest BCUT2D eigenvalue weighted by molar-refractivity contribution is -0.155. The van der Waals surface area contributed by atoms with Gasteiger partial charge in [-0.2, -0.15) is 0 Å². The number of methoxy groups -OCH3 is 1. The molecule has 0 atom stereocenters.